The number of rotatable bonds is 3. The Bertz CT molecular complexity index is 338. The Kier molecular flexibility index (Phi) is 3.21. The Morgan fingerprint density at radius 1 is 1.60 bits per heavy atom. The fourth-order valence-corrected chi connectivity index (χ4v) is 2.53. The standard InChI is InChI=1S/C10H15BrN4/c1-14-4-8(5-14)6-15(2)10-9(11)3-12-7-13-10/h3,7-8H,4-6H2,1-2H3. The van der Waals surface area contributed by atoms with Gasteiger partial charge >= 0.3 is 0 Å². The minimum absolute atomic E-state index is 0.766. The maximum atomic E-state index is 4.26. The SMILES string of the molecule is CN1CC(CN(C)c2ncncc2Br)C1. The summed E-state index contributed by atoms with van der Waals surface area (Å²) in [6.07, 6.45) is 3.37. The molecule has 0 aliphatic carbocycles. The summed E-state index contributed by atoms with van der Waals surface area (Å²) in [6, 6.07) is 0. The molecule has 0 amide bonds. The van der Waals surface area contributed by atoms with Gasteiger partial charge in [-0.05, 0) is 23.0 Å². The van der Waals surface area contributed by atoms with Crippen LogP contribution in [0.5, 0.6) is 0 Å². The van der Waals surface area contributed by atoms with Gasteiger partial charge in [-0.3, -0.25) is 0 Å². The maximum absolute atomic E-state index is 4.26. The summed E-state index contributed by atoms with van der Waals surface area (Å²) in [4.78, 5) is 12.7. The summed E-state index contributed by atoms with van der Waals surface area (Å²) in [7, 11) is 4.22. The van der Waals surface area contributed by atoms with Gasteiger partial charge < -0.3 is 9.80 Å². The van der Waals surface area contributed by atoms with Crippen molar-refractivity contribution in [3.8, 4) is 0 Å². The zero-order chi connectivity index (χ0) is 10.8. The average molecular weight is 271 g/mol. The van der Waals surface area contributed by atoms with Crippen molar-refractivity contribution in [3.63, 3.8) is 0 Å². The molecule has 0 unspecified atom stereocenters. The molecule has 2 rings (SSSR count). The van der Waals surface area contributed by atoms with Crippen molar-refractivity contribution in [2.75, 3.05) is 38.6 Å². The second-order valence-corrected chi connectivity index (χ2v) is 5.02. The van der Waals surface area contributed by atoms with Gasteiger partial charge in [-0.1, -0.05) is 0 Å². The zero-order valence-corrected chi connectivity index (χ0v) is 10.6. The van der Waals surface area contributed by atoms with E-state index in [1.165, 1.54) is 13.1 Å². The van der Waals surface area contributed by atoms with Gasteiger partial charge in [0.2, 0.25) is 0 Å². The molecule has 2 heterocycles. The molecular weight excluding hydrogens is 256 g/mol. The van der Waals surface area contributed by atoms with Crippen molar-refractivity contribution in [3.05, 3.63) is 17.0 Å². The van der Waals surface area contributed by atoms with Crippen LogP contribution >= 0.6 is 15.9 Å². The molecule has 4 nitrogen and oxygen atoms in total. The first kappa shape index (κ1) is 10.8. The summed E-state index contributed by atoms with van der Waals surface area (Å²) >= 11 is 3.46. The fraction of sp³-hybridized carbons (Fsp3) is 0.600. The van der Waals surface area contributed by atoms with Crippen LogP contribution in [-0.4, -0.2) is 48.6 Å². The van der Waals surface area contributed by atoms with Crippen LogP contribution in [0, 0.1) is 5.92 Å². The summed E-state index contributed by atoms with van der Waals surface area (Å²) in [6.45, 7) is 3.43. The summed E-state index contributed by atoms with van der Waals surface area (Å²) < 4.78 is 0.958. The van der Waals surface area contributed by atoms with E-state index in [0.29, 0.717) is 0 Å². The van der Waals surface area contributed by atoms with Crippen molar-refractivity contribution in [2.24, 2.45) is 5.92 Å². The number of anilines is 1. The molecule has 15 heavy (non-hydrogen) atoms. The molecule has 0 aromatic carbocycles. The molecule has 1 aromatic heterocycles. The molecule has 0 N–H and O–H groups in total. The first-order valence-corrected chi connectivity index (χ1v) is 5.81. The van der Waals surface area contributed by atoms with E-state index >= 15 is 0 Å². The van der Waals surface area contributed by atoms with Crippen molar-refractivity contribution in [1.29, 1.82) is 0 Å². The topological polar surface area (TPSA) is 32.3 Å². The minimum atomic E-state index is 0.766. The van der Waals surface area contributed by atoms with Gasteiger partial charge in [0.1, 0.15) is 12.1 Å². The van der Waals surface area contributed by atoms with Gasteiger partial charge in [-0.25, -0.2) is 9.97 Å². The molecule has 0 atom stereocenters. The molecule has 1 fully saturated rings. The van der Waals surface area contributed by atoms with E-state index in [1.807, 2.05) is 0 Å². The maximum Gasteiger partial charge on any atom is 0.146 e. The third kappa shape index (κ3) is 2.46. The third-order valence-corrected chi connectivity index (χ3v) is 3.24. The molecule has 1 saturated heterocycles. The van der Waals surface area contributed by atoms with E-state index < -0.39 is 0 Å². The second-order valence-electron chi connectivity index (χ2n) is 4.16. The van der Waals surface area contributed by atoms with Gasteiger partial charge in [-0.15, -0.1) is 0 Å². The summed E-state index contributed by atoms with van der Waals surface area (Å²) in [5.41, 5.74) is 0. The second kappa shape index (κ2) is 4.45. The van der Waals surface area contributed by atoms with Crippen LogP contribution in [0.1, 0.15) is 0 Å². The lowest BCUT2D eigenvalue weighted by molar-refractivity contribution is 0.139. The Morgan fingerprint density at radius 3 is 2.93 bits per heavy atom. The van der Waals surface area contributed by atoms with E-state index in [0.717, 1.165) is 22.8 Å². The Balaban J connectivity index is 1.96. The number of nitrogens with zero attached hydrogens (tertiary/aromatic N) is 4. The Morgan fingerprint density at radius 2 is 2.33 bits per heavy atom. The average Bonchev–Trinajstić information content (AvgIpc) is 2.16. The lowest BCUT2D eigenvalue weighted by Crippen LogP contribution is -2.48. The lowest BCUT2D eigenvalue weighted by Gasteiger charge is -2.38. The van der Waals surface area contributed by atoms with Crippen LogP contribution in [0.3, 0.4) is 0 Å². The number of likely N-dealkylation sites (tertiary alicyclic amines) is 1. The highest BCUT2D eigenvalue weighted by molar-refractivity contribution is 9.10. The molecule has 82 valence electrons. The van der Waals surface area contributed by atoms with Crippen molar-refractivity contribution >= 4 is 21.7 Å². The number of hydrogen-bond donors (Lipinski definition) is 0. The van der Waals surface area contributed by atoms with Crippen LogP contribution in [0.2, 0.25) is 0 Å². The van der Waals surface area contributed by atoms with Gasteiger partial charge in [0.25, 0.3) is 0 Å². The molecule has 0 bridgehead atoms. The number of hydrogen-bond acceptors (Lipinski definition) is 4. The smallest absolute Gasteiger partial charge is 0.146 e. The Labute approximate surface area is 98.4 Å². The molecule has 0 spiro atoms. The number of aromatic nitrogens is 2. The van der Waals surface area contributed by atoms with Gasteiger partial charge in [0.15, 0.2) is 0 Å². The highest BCUT2D eigenvalue weighted by Crippen LogP contribution is 2.23. The number of halogens is 1. The first-order chi connectivity index (χ1) is 7.16. The van der Waals surface area contributed by atoms with Crippen LogP contribution in [0.25, 0.3) is 0 Å². The molecule has 1 aliphatic rings. The van der Waals surface area contributed by atoms with E-state index in [-0.39, 0.29) is 0 Å². The van der Waals surface area contributed by atoms with Gasteiger partial charge in [-0.2, -0.15) is 0 Å². The minimum Gasteiger partial charge on any atom is -0.358 e. The first-order valence-electron chi connectivity index (χ1n) is 5.02. The normalized spacial score (nSPS) is 17.5. The molecule has 0 radical (unpaired) electrons. The van der Waals surface area contributed by atoms with Gasteiger partial charge in [0, 0.05) is 38.8 Å². The van der Waals surface area contributed by atoms with Crippen LogP contribution < -0.4 is 4.90 Å². The summed E-state index contributed by atoms with van der Waals surface area (Å²) in [5.74, 6) is 1.74. The molecule has 5 heteroatoms. The van der Waals surface area contributed by atoms with E-state index in [1.54, 1.807) is 12.5 Å². The van der Waals surface area contributed by atoms with Crippen LogP contribution in [0.15, 0.2) is 17.0 Å². The zero-order valence-electron chi connectivity index (χ0n) is 9.02. The van der Waals surface area contributed by atoms with Crippen LogP contribution in [0.4, 0.5) is 5.82 Å². The van der Waals surface area contributed by atoms with Crippen molar-refractivity contribution in [1.82, 2.24) is 14.9 Å². The Hall–Kier alpha value is -0.680. The predicted molar refractivity (Wildman–Crippen MR) is 64.0 cm³/mol. The van der Waals surface area contributed by atoms with E-state index in [9.17, 15) is 0 Å². The van der Waals surface area contributed by atoms with Crippen LogP contribution in [-0.2, 0) is 0 Å². The highest BCUT2D eigenvalue weighted by Gasteiger charge is 2.25. The predicted octanol–water partition coefficient (Wildman–Crippen LogP) is 1.24. The quantitative estimate of drug-likeness (QED) is 0.828. The fourth-order valence-electron chi connectivity index (χ4n) is 2.00. The van der Waals surface area contributed by atoms with Crippen molar-refractivity contribution in [2.45, 2.75) is 0 Å². The summed E-state index contributed by atoms with van der Waals surface area (Å²) in [5, 5.41) is 0. The highest BCUT2D eigenvalue weighted by atomic mass is 79.9. The lowest BCUT2D eigenvalue weighted by atomic mass is 10.0. The monoisotopic (exact) mass is 270 g/mol. The molecule has 1 aliphatic heterocycles. The van der Waals surface area contributed by atoms with Gasteiger partial charge in [0.05, 0.1) is 4.47 Å². The third-order valence-electron chi connectivity index (χ3n) is 2.68. The van der Waals surface area contributed by atoms with Crippen molar-refractivity contribution < 1.29 is 0 Å². The molecule has 1 aromatic rings. The molecular formula is C10H15BrN4. The molecule has 0 saturated carbocycles. The van der Waals surface area contributed by atoms with E-state index in [2.05, 4.69) is 49.8 Å². The largest absolute Gasteiger partial charge is 0.358 e. The van der Waals surface area contributed by atoms with E-state index in [4.69, 9.17) is 0 Å².